The highest BCUT2D eigenvalue weighted by Gasteiger charge is 2.22. The Morgan fingerprint density at radius 1 is 0.955 bits per heavy atom. The third-order valence-electron chi connectivity index (χ3n) is 3.44. The molecule has 0 atom stereocenters. The number of hydrogen-bond acceptors (Lipinski definition) is 4. The maximum atomic E-state index is 7.94. The van der Waals surface area contributed by atoms with Crippen molar-refractivity contribution >= 4 is 33.7 Å². The van der Waals surface area contributed by atoms with Gasteiger partial charge in [0.25, 0.3) is 0 Å². The summed E-state index contributed by atoms with van der Waals surface area (Å²) < 4.78 is 0. The standard InChI is InChI=1S/C17H15ClN4/c18-16(20)15(12(10-19)11-6-2-1-3-7-11)17-21-13-8-4-5-9-14(13)22-17/h1-10,20-22H,19H2/b12-10-,20-16?. The number of anilines is 2. The van der Waals surface area contributed by atoms with E-state index in [1.807, 2.05) is 54.6 Å². The van der Waals surface area contributed by atoms with Crippen LogP contribution >= 0.6 is 11.6 Å². The van der Waals surface area contributed by atoms with Crippen LogP contribution in [0.15, 0.2) is 72.2 Å². The average Bonchev–Trinajstić information content (AvgIpc) is 2.96. The van der Waals surface area contributed by atoms with E-state index in [4.69, 9.17) is 22.7 Å². The lowest BCUT2D eigenvalue weighted by Gasteiger charge is -2.13. The summed E-state index contributed by atoms with van der Waals surface area (Å²) in [6.07, 6.45) is 1.47. The number of fused-ring (bicyclic) bond motifs is 1. The number of para-hydroxylation sites is 2. The minimum atomic E-state index is -0.0802. The van der Waals surface area contributed by atoms with Crippen LogP contribution < -0.4 is 16.4 Å². The van der Waals surface area contributed by atoms with E-state index in [-0.39, 0.29) is 5.17 Å². The fourth-order valence-corrected chi connectivity index (χ4v) is 2.63. The fourth-order valence-electron chi connectivity index (χ4n) is 2.43. The fraction of sp³-hybridized carbons (Fsp3) is 0. The van der Waals surface area contributed by atoms with Crippen LogP contribution in [0.1, 0.15) is 5.56 Å². The lowest BCUT2D eigenvalue weighted by atomic mass is 9.99. The van der Waals surface area contributed by atoms with E-state index in [0.717, 1.165) is 16.9 Å². The predicted molar refractivity (Wildman–Crippen MR) is 92.9 cm³/mol. The zero-order valence-electron chi connectivity index (χ0n) is 11.7. The molecule has 2 aromatic carbocycles. The Morgan fingerprint density at radius 3 is 2.00 bits per heavy atom. The molecule has 110 valence electrons. The number of benzene rings is 2. The highest BCUT2D eigenvalue weighted by molar-refractivity contribution is 6.70. The van der Waals surface area contributed by atoms with Gasteiger partial charge in [-0.05, 0) is 17.7 Å². The summed E-state index contributed by atoms with van der Waals surface area (Å²) in [5, 5.41) is 14.4. The molecule has 5 N–H and O–H groups in total. The molecule has 22 heavy (non-hydrogen) atoms. The van der Waals surface area contributed by atoms with Gasteiger partial charge >= 0.3 is 0 Å². The maximum absolute atomic E-state index is 7.94. The molecule has 0 fully saturated rings. The molecule has 3 rings (SSSR count). The number of nitrogens with one attached hydrogen (secondary N) is 3. The van der Waals surface area contributed by atoms with Gasteiger partial charge in [-0.25, -0.2) is 0 Å². The minimum absolute atomic E-state index is 0.0802. The number of rotatable bonds is 3. The minimum Gasteiger partial charge on any atom is -0.404 e. The number of nitrogens with two attached hydrogens (primary N) is 1. The second-order valence-corrected chi connectivity index (χ2v) is 5.18. The van der Waals surface area contributed by atoms with Crippen LogP contribution in [0.25, 0.3) is 5.57 Å². The SMILES string of the molecule is N=C(Cl)C(=C1Nc2ccccc2N1)/C(=C\N)c1ccccc1. The van der Waals surface area contributed by atoms with E-state index in [1.54, 1.807) is 0 Å². The summed E-state index contributed by atoms with van der Waals surface area (Å²) in [5.74, 6) is 0.654. The molecule has 5 heteroatoms. The molecule has 1 heterocycles. The smallest absolute Gasteiger partial charge is 0.132 e. The number of halogens is 1. The molecule has 2 aromatic rings. The van der Waals surface area contributed by atoms with Gasteiger partial charge in [-0.1, -0.05) is 54.1 Å². The second-order valence-electron chi connectivity index (χ2n) is 4.81. The molecular weight excluding hydrogens is 296 g/mol. The Morgan fingerprint density at radius 2 is 1.50 bits per heavy atom. The largest absolute Gasteiger partial charge is 0.404 e. The number of hydrogen-bond donors (Lipinski definition) is 4. The van der Waals surface area contributed by atoms with Crippen LogP contribution in [0.3, 0.4) is 0 Å². The van der Waals surface area contributed by atoms with Crippen molar-refractivity contribution in [3.8, 4) is 0 Å². The van der Waals surface area contributed by atoms with Crippen molar-refractivity contribution in [1.82, 2.24) is 0 Å². The molecule has 1 aliphatic rings. The quantitative estimate of drug-likeness (QED) is 0.648. The van der Waals surface area contributed by atoms with E-state index < -0.39 is 0 Å². The highest BCUT2D eigenvalue weighted by Crippen LogP contribution is 2.35. The Balaban J connectivity index is 2.09. The van der Waals surface area contributed by atoms with Crippen LogP contribution in [-0.2, 0) is 0 Å². The van der Waals surface area contributed by atoms with E-state index >= 15 is 0 Å². The van der Waals surface area contributed by atoms with Gasteiger partial charge in [0.2, 0.25) is 0 Å². The van der Waals surface area contributed by atoms with Crippen molar-refractivity contribution in [1.29, 1.82) is 5.41 Å². The average molecular weight is 311 g/mol. The summed E-state index contributed by atoms with van der Waals surface area (Å²) in [4.78, 5) is 0. The Kier molecular flexibility index (Phi) is 3.85. The van der Waals surface area contributed by atoms with Gasteiger partial charge in [0.05, 0.1) is 16.9 Å². The van der Waals surface area contributed by atoms with Crippen molar-refractivity contribution in [3.63, 3.8) is 0 Å². The van der Waals surface area contributed by atoms with Gasteiger partial charge in [-0.15, -0.1) is 0 Å². The molecule has 0 saturated carbocycles. The van der Waals surface area contributed by atoms with Crippen molar-refractivity contribution in [2.45, 2.75) is 0 Å². The van der Waals surface area contributed by atoms with Crippen LogP contribution in [0.4, 0.5) is 11.4 Å². The number of allylic oxidation sites excluding steroid dienone is 2. The molecule has 4 nitrogen and oxygen atoms in total. The highest BCUT2D eigenvalue weighted by atomic mass is 35.5. The molecule has 0 saturated heterocycles. The summed E-state index contributed by atoms with van der Waals surface area (Å²) >= 11 is 6.04. The van der Waals surface area contributed by atoms with Crippen molar-refractivity contribution in [3.05, 3.63) is 77.8 Å². The summed E-state index contributed by atoms with van der Waals surface area (Å²) in [7, 11) is 0. The van der Waals surface area contributed by atoms with Gasteiger partial charge in [-0.2, -0.15) is 0 Å². The Hall–Kier alpha value is -2.72. The molecule has 0 bridgehead atoms. The van der Waals surface area contributed by atoms with E-state index in [9.17, 15) is 0 Å². The first kappa shape index (κ1) is 14.2. The molecule has 0 spiro atoms. The van der Waals surface area contributed by atoms with Gasteiger partial charge in [0, 0.05) is 11.8 Å². The molecule has 0 radical (unpaired) electrons. The van der Waals surface area contributed by atoms with E-state index in [1.165, 1.54) is 6.20 Å². The summed E-state index contributed by atoms with van der Waals surface area (Å²) in [6.45, 7) is 0. The summed E-state index contributed by atoms with van der Waals surface area (Å²) in [6, 6.07) is 17.4. The van der Waals surface area contributed by atoms with Crippen LogP contribution in [-0.4, -0.2) is 5.17 Å². The molecule has 1 aliphatic heterocycles. The lowest BCUT2D eigenvalue weighted by molar-refractivity contribution is 1.41. The van der Waals surface area contributed by atoms with E-state index in [2.05, 4.69) is 10.6 Å². The molecule has 0 unspecified atom stereocenters. The van der Waals surface area contributed by atoms with Gasteiger partial charge in [-0.3, -0.25) is 5.41 Å². The van der Waals surface area contributed by atoms with Crippen LogP contribution in [0.2, 0.25) is 0 Å². The van der Waals surface area contributed by atoms with E-state index in [0.29, 0.717) is 17.0 Å². The van der Waals surface area contributed by atoms with Crippen molar-refractivity contribution in [2.24, 2.45) is 5.73 Å². The normalized spacial score (nSPS) is 13.1. The molecule has 0 aromatic heterocycles. The first-order valence-electron chi connectivity index (χ1n) is 6.80. The maximum Gasteiger partial charge on any atom is 0.132 e. The zero-order chi connectivity index (χ0) is 15.5. The zero-order valence-corrected chi connectivity index (χ0v) is 12.5. The first-order valence-corrected chi connectivity index (χ1v) is 7.18. The van der Waals surface area contributed by atoms with Gasteiger partial charge in [0.15, 0.2) is 0 Å². The van der Waals surface area contributed by atoms with Crippen LogP contribution in [0.5, 0.6) is 0 Å². The van der Waals surface area contributed by atoms with Gasteiger partial charge in [0.1, 0.15) is 11.0 Å². The summed E-state index contributed by atoms with van der Waals surface area (Å²) in [5.41, 5.74) is 9.82. The monoisotopic (exact) mass is 310 g/mol. The van der Waals surface area contributed by atoms with Crippen molar-refractivity contribution in [2.75, 3.05) is 10.6 Å². The third kappa shape index (κ3) is 2.56. The Labute approximate surface area is 133 Å². The molecule has 0 aliphatic carbocycles. The second kappa shape index (κ2) is 5.95. The van der Waals surface area contributed by atoms with Crippen molar-refractivity contribution < 1.29 is 0 Å². The Bertz CT molecular complexity index is 751. The lowest BCUT2D eigenvalue weighted by Crippen LogP contribution is -2.11. The topological polar surface area (TPSA) is 73.9 Å². The van der Waals surface area contributed by atoms with Gasteiger partial charge < -0.3 is 16.4 Å². The third-order valence-corrected chi connectivity index (χ3v) is 3.63. The molecular formula is C17H15ClN4. The predicted octanol–water partition coefficient (Wildman–Crippen LogP) is 3.95. The molecule has 0 amide bonds. The first-order chi connectivity index (χ1) is 10.7. The van der Waals surface area contributed by atoms with Crippen LogP contribution in [0, 0.1) is 5.41 Å².